The highest BCUT2D eigenvalue weighted by Crippen LogP contribution is 2.29. The van der Waals surface area contributed by atoms with E-state index < -0.39 is 0 Å². The van der Waals surface area contributed by atoms with E-state index >= 15 is 0 Å². The lowest BCUT2D eigenvalue weighted by Gasteiger charge is -2.35. The molecular formula is C20H38ClN3O2. The zero-order valence-electron chi connectivity index (χ0n) is 16.5. The monoisotopic (exact) mass is 387 g/mol. The van der Waals surface area contributed by atoms with Crippen LogP contribution in [0.25, 0.3) is 0 Å². The lowest BCUT2D eigenvalue weighted by Crippen LogP contribution is -2.55. The Kier molecular flexibility index (Phi) is 9.94. The van der Waals surface area contributed by atoms with E-state index in [-0.39, 0.29) is 41.7 Å². The summed E-state index contributed by atoms with van der Waals surface area (Å²) in [4.78, 5) is 24.8. The number of amides is 2. The van der Waals surface area contributed by atoms with Crippen LogP contribution in [0.5, 0.6) is 0 Å². The zero-order chi connectivity index (χ0) is 18.3. The molecule has 26 heavy (non-hydrogen) atoms. The number of nitrogens with one attached hydrogen (secondary N) is 2. The molecule has 4 N–H and O–H groups in total. The topological polar surface area (TPSA) is 84.2 Å². The normalized spacial score (nSPS) is 24.0. The first-order valence-corrected chi connectivity index (χ1v) is 10.3. The van der Waals surface area contributed by atoms with Crippen molar-refractivity contribution in [1.29, 1.82) is 0 Å². The zero-order valence-corrected chi connectivity index (χ0v) is 17.3. The maximum absolute atomic E-state index is 12.6. The van der Waals surface area contributed by atoms with Crippen LogP contribution >= 0.6 is 12.4 Å². The highest BCUT2D eigenvalue weighted by Gasteiger charge is 2.32. The number of carbonyl (C=O) groups excluding carboxylic acids is 2. The van der Waals surface area contributed by atoms with Gasteiger partial charge in [0, 0.05) is 24.9 Å². The molecule has 0 heterocycles. The Bertz CT molecular complexity index is 432. The van der Waals surface area contributed by atoms with Crippen molar-refractivity contribution in [1.82, 2.24) is 10.6 Å². The minimum atomic E-state index is -0.260. The Morgan fingerprint density at radius 2 is 1.58 bits per heavy atom. The van der Waals surface area contributed by atoms with Gasteiger partial charge in [-0.15, -0.1) is 12.4 Å². The van der Waals surface area contributed by atoms with Gasteiger partial charge in [0.15, 0.2) is 0 Å². The van der Waals surface area contributed by atoms with Gasteiger partial charge in [0.1, 0.15) is 0 Å². The molecule has 0 aromatic carbocycles. The number of rotatable bonds is 8. The van der Waals surface area contributed by atoms with Crippen molar-refractivity contribution in [3.8, 4) is 0 Å². The SMILES string of the molecule is CCC(CC)(CN)NC(=O)C1CCC(NC(=O)CC2CCCC2)CC1.Cl. The fourth-order valence-corrected chi connectivity index (χ4v) is 4.39. The molecule has 0 radical (unpaired) electrons. The highest BCUT2D eigenvalue weighted by atomic mass is 35.5. The maximum atomic E-state index is 12.6. The van der Waals surface area contributed by atoms with Gasteiger partial charge in [-0.1, -0.05) is 26.7 Å². The predicted molar refractivity (Wildman–Crippen MR) is 108 cm³/mol. The second-order valence-electron chi connectivity index (χ2n) is 8.15. The summed E-state index contributed by atoms with van der Waals surface area (Å²) in [6.45, 7) is 4.64. The van der Waals surface area contributed by atoms with Crippen molar-refractivity contribution >= 4 is 24.2 Å². The number of halogens is 1. The van der Waals surface area contributed by atoms with E-state index in [9.17, 15) is 9.59 Å². The quantitative estimate of drug-likeness (QED) is 0.597. The Hall–Kier alpha value is -0.810. The van der Waals surface area contributed by atoms with Crippen LogP contribution in [-0.4, -0.2) is 29.9 Å². The highest BCUT2D eigenvalue weighted by molar-refractivity contribution is 5.85. The standard InChI is InChI=1S/C20H37N3O2.ClH/c1-3-20(4-2,14-21)23-19(25)16-9-11-17(12-10-16)22-18(24)13-15-7-5-6-8-15;/h15-17H,3-14,21H2,1-2H3,(H,22,24)(H,23,25);1H. The average Bonchev–Trinajstić information content (AvgIpc) is 3.13. The molecule has 5 nitrogen and oxygen atoms in total. The van der Waals surface area contributed by atoms with Crippen molar-refractivity contribution in [2.45, 2.75) is 96.1 Å². The van der Waals surface area contributed by atoms with E-state index in [2.05, 4.69) is 24.5 Å². The molecule has 6 heteroatoms. The predicted octanol–water partition coefficient (Wildman–Crippen LogP) is 3.30. The molecule has 0 aliphatic heterocycles. The van der Waals surface area contributed by atoms with Gasteiger partial charge in [0.2, 0.25) is 11.8 Å². The van der Waals surface area contributed by atoms with Crippen molar-refractivity contribution in [3.05, 3.63) is 0 Å². The summed E-state index contributed by atoms with van der Waals surface area (Å²) < 4.78 is 0. The molecule has 0 atom stereocenters. The second-order valence-corrected chi connectivity index (χ2v) is 8.15. The number of carbonyl (C=O) groups is 2. The summed E-state index contributed by atoms with van der Waals surface area (Å²) in [5.41, 5.74) is 5.63. The number of hydrogen-bond acceptors (Lipinski definition) is 3. The van der Waals surface area contributed by atoms with E-state index in [1.54, 1.807) is 0 Å². The molecule has 152 valence electrons. The minimum absolute atomic E-state index is 0. The van der Waals surface area contributed by atoms with Crippen LogP contribution in [0.4, 0.5) is 0 Å². The van der Waals surface area contributed by atoms with E-state index in [1.807, 2.05) is 0 Å². The summed E-state index contributed by atoms with van der Waals surface area (Å²) >= 11 is 0. The van der Waals surface area contributed by atoms with Gasteiger partial charge < -0.3 is 16.4 Å². The lowest BCUT2D eigenvalue weighted by molar-refractivity contribution is -0.128. The van der Waals surface area contributed by atoms with Crippen LogP contribution in [0.3, 0.4) is 0 Å². The fraction of sp³-hybridized carbons (Fsp3) is 0.900. The molecule has 2 saturated carbocycles. The molecule has 2 fully saturated rings. The minimum Gasteiger partial charge on any atom is -0.353 e. The summed E-state index contributed by atoms with van der Waals surface area (Å²) in [7, 11) is 0. The third-order valence-electron chi connectivity index (χ3n) is 6.54. The molecule has 0 unspecified atom stereocenters. The summed E-state index contributed by atoms with van der Waals surface area (Å²) in [6.07, 6.45) is 10.9. The Morgan fingerprint density at radius 3 is 2.08 bits per heavy atom. The lowest BCUT2D eigenvalue weighted by atomic mass is 9.84. The molecule has 0 bridgehead atoms. The van der Waals surface area contributed by atoms with Gasteiger partial charge in [-0.3, -0.25) is 9.59 Å². The Balaban J connectivity index is 0.00000338. The van der Waals surface area contributed by atoms with E-state index in [4.69, 9.17) is 5.73 Å². The van der Waals surface area contributed by atoms with Crippen molar-refractivity contribution in [3.63, 3.8) is 0 Å². The van der Waals surface area contributed by atoms with Crippen LogP contribution < -0.4 is 16.4 Å². The van der Waals surface area contributed by atoms with E-state index in [1.165, 1.54) is 25.7 Å². The van der Waals surface area contributed by atoms with Gasteiger partial charge in [0.05, 0.1) is 5.54 Å². The first-order valence-electron chi connectivity index (χ1n) is 10.3. The van der Waals surface area contributed by atoms with Crippen LogP contribution in [-0.2, 0) is 9.59 Å². The van der Waals surface area contributed by atoms with Crippen LogP contribution in [0, 0.1) is 11.8 Å². The van der Waals surface area contributed by atoms with E-state index in [0.717, 1.165) is 38.5 Å². The molecule has 0 aromatic rings. The molecule has 2 aliphatic rings. The van der Waals surface area contributed by atoms with Crippen molar-refractivity contribution in [2.75, 3.05) is 6.54 Å². The summed E-state index contributed by atoms with van der Waals surface area (Å²) in [5.74, 6) is 1.00. The molecule has 0 spiro atoms. The molecule has 2 amide bonds. The molecule has 0 aromatic heterocycles. The third-order valence-corrected chi connectivity index (χ3v) is 6.54. The second kappa shape index (κ2) is 11.1. The fourth-order valence-electron chi connectivity index (χ4n) is 4.39. The maximum Gasteiger partial charge on any atom is 0.223 e. The molecule has 2 rings (SSSR count). The first-order chi connectivity index (χ1) is 12.0. The summed E-state index contributed by atoms with van der Waals surface area (Å²) in [5, 5.41) is 6.40. The largest absolute Gasteiger partial charge is 0.353 e. The van der Waals surface area contributed by atoms with Crippen LogP contribution in [0.2, 0.25) is 0 Å². The van der Waals surface area contributed by atoms with Crippen LogP contribution in [0.1, 0.15) is 84.5 Å². The van der Waals surface area contributed by atoms with Crippen molar-refractivity contribution < 1.29 is 9.59 Å². The first kappa shape index (κ1) is 23.2. The van der Waals surface area contributed by atoms with E-state index in [0.29, 0.717) is 18.9 Å². The van der Waals surface area contributed by atoms with Gasteiger partial charge in [-0.25, -0.2) is 0 Å². The van der Waals surface area contributed by atoms with Gasteiger partial charge >= 0.3 is 0 Å². The van der Waals surface area contributed by atoms with Gasteiger partial charge in [-0.05, 0) is 57.3 Å². The molecule has 2 aliphatic carbocycles. The smallest absolute Gasteiger partial charge is 0.223 e. The van der Waals surface area contributed by atoms with Crippen LogP contribution in [0.15, 0.2) is 0 Å². The van der Waals surface area contributed by atoms with Gasteiger partial charge in [0.25, 0.3) is 0 Å². The van der Waals surface area contributed by atoms with Crippen molar-refractivity contribution in [2.24, 2.45) is 17.6 Å². The Morgan fingerprint density at radius 1 is 1.00 bits per heavy atom. The molecular weight excluding hydrogens is 350 g/mol. The van der Waals surface area contributed by atoms with Gasteiger partial charge in [-0.2, -0.15) is 0 Å². The number of nitrogens with two attached hydrogens (primary N) is 1. The number of hydrogen-bond donors (Lipinski definition) is 3. The summed E-state index contributed by atoms with van der Waals surface area (Å²) in [6, 6.07) is 0.245. The molecule has 0 saturated heterocycles. The average molecular weight is 388 g/mol. The Labute approximate surface area is 165 Å². The third kappa shape index (κ3) is 6.41.